The summed E-state index contributed by atoms with van der Waals surface area (Å²) in [4.78, 5) is 30.3. The van der Waals surface area contributed by atoms with Gasteiger partial charge in [-0.3, -0.25) is 14.2 Å². The van der Waals surface area contributed by atoms with Crippen molar-refractivity contribution in [2.24, 2.45) is 5.92 Å². The molecule has 3 aromatic rings. The van der Waals surface area contributed by atoms with Gasteiger partial charge in [-0.15, -0.1) is 0 Å². The molecule has 0 radical (unpaired) electrons. The van der Waals surface area contributed by atoms with E-state index in [2.05, 4.69) is 4.98 Å². The Morgan fingerprint density at radius 2 is 1.77 bits per heavy atom. The largest absolute Gasteiger partial charge is 0.388 e. The molecule has 4 rings (SSSR count). The third kappa shape index (κ3) is 4.22. The van der Waals surface area contributed by atoms with Crippen molar-refractivity contribution in [1.29, 1.82) is 0 Å². The summed E-state index contributed by atoms with van der Waals surface area (Å²) in [5, 5.41) is 11.2. The van der Waals surface area contributed by atoms with Crippen LogP contribution in [0.4, 0.5) is 0 Å². The molecule has 1 aliphatic heterocycles. The highest BCUT2D eigenvalue weighted by Gasteiger charge is 2.28. The van der Waals surface area contributed by atoms with Gasteiger partial charge in [0.05, 0.1) is 17.0 Å². The van der Waals surface area contributed by atoms with E-state index < -0.39 is 6.10 Å². The third-order valence-electron chi connectivity index (χ3n) is 5.92. The van der Waals surface area contributed by atoms with Crippen LogP contribution in [-0.4, -0.2) is 38.6 Å². The number of hydrogen-bond donors (Lipinski definition) is 2. The van der Waals surface area contributed by atoms with Crippen molar-refractivity contribution in [1.82, 2.24) is 14.5 Å². The van der Waals surface area contributed by atoms with Gasteiger partial charge in [-0.2, -0.15) is 0 Å². The average Bonchev–Trinajstić information content (AvgIpc) is 2.79. The number of amides is 1. The molecule has 2 aromatic carbocycles. The number of hydrogen-bond acceptors (Lipinski definition) is 4. The second-order valence-corrected chi connectivity index (χ2v) is 8.14. The molecule has 0 aliphatic carbocycles. The van der Waals surface area contributed by atoms with Crippen LogP contribution in [0.25, 0.3) is 10.9 Å². The average molecular weight is 424 g/mol. The minimum Gasteiger partial charge on any atom is -0.388 e. The van der Waals surface area contributed by atoms with Crippen LogP contribution in [0, 0.1) is 10.7 Å². The van der Waals surface area contributed by atoms with Gasteiger partial charge in [-0.05, 0) is 48.7 Å². The van der Waals surface area contributed by atoms with E-state index in [1.807, 2.05) is 53.4 Å². The fourth-order valence-electron chi connectivity index (χ4n) is 4.15. The first-order valence-corrected chi connectivity index (χ1v) is 10.7. The van der Waals surface area contributed by atoms with Crippen LogP contribution in [0.15, 0.2) is 59.4 Å². The second-order valence-electron chi connectivity index (χ2n) is 7.76. The first kappa shape index (κ1) is 20.5. The molecule has 1 aromatic heterocycles. The number of piperidine rings is 1. The van der Waals surface area contributed by atoms with E-state index in [9.17, 15) is 14.7 Å². The van der Waals surface area contributed by atoms with Crippen LogP contribution in [-0.2, 0) is 11.3 Å². The normalized spacial score (nSPS) is 16.0. The first-order chi connectivity index (χ1) is 14.5. The number of para-hydroxylation sites is 1. The number of aromatic nitrogens is 2. The maximum absolute atomic E-state index is 12.7. The van der Waals surface area contributed by atoms with Gasteiger partial charge in [-0.25, -0.2) is 0 Å². The molecular weight excluding hydrogens is 398 g/mol. The molecule has 6 nitrogen and oxygen atoms in total. The van der Waals surface area contributed by atoms with Crippen molar-refractivity contribution in [3.63, 3.8) is 0 Å². The predicted molar refractivity (Wildman–Crippen MR) is 119 cm³/mol. The van der Waals surface area contributed by atoms with Crippen molar-refractivity contribution >= 4 is 29.0 Å². The summed E-state index contributed by atoms with van der Waals surface area (Å²) in [5.41, 5.74) is 1.45. The number of likely N-dealkylation sites (tertiary alicyclic amines) is 1. The van der Waals surface area contributed by atoms with Crippen molar-refractivity contribution in [2.45, 2.75) is 31.9 Å². The van der Waals surface area contributed by atoms with Crippen molar-refractivity contribution < 1.29 is 9.90 Å². The van der Waals surface area contributed by atoms with Gasteiger partial charge in [0.15, 0.2) is 4.77 Å². The number of nitrogens with one attached hydrogen (secondary N) is 1. The monoisotopic (exact) mass is 423 g/mol. The summed E-state index contributed by atoms with van der Waals surface area (Å²) in [6.07, 6.45) is 1.25. The molecule has 2 heterocycles. The molecular formula is C23H25N3O3S. The fraction of sp³-hybridized carbons (Fsp3) is 0.348. The van der Waals surface area contributed by atoms with Gasteiger partial charge in [0, 0.05) is 26.1 Å². The van der Waals surface area contributed by atoms with E-state index in [0.29, 0.717) is 28.8 Å². The number of rotatable bonds is 5. The Balaban J connectivity index is 1.36. The Labute approximate surface area is 179 Å². The van der Waals surface area contributed by atoms with Gasteiger partial charge < -0.3 is 15.0 Å². The van der Waals surface area contributed by atoms with E-state index in [-0.39, 0.29) is 30.3 Å². The lowest BCUT2D eigenvalue weighted by molar-refractivity contribution is -0.133. The highest BCUT2D eigenvalue weighted by atomic mass is 32.1. The molecule has 0 bridgehead atoms. The molecule has 1 amide bonds. The maximum Gasteiger partial charge on any atom is 0.262 e. The quantitative estimate of drug-likeness (QED) is 0.617. The molecule has 1 atom stereocenters. The molecule has 30 heavy (non-hydrogen) atoms. The lowest BCUT2D eigenvalue weighted by Gasteiger charge is -2.34. The Morgan fingerprint density at radius 1 is 1.10 bits per heavy atom. The smallest absolute Gasteiger partial charge is 0.262 e. The van der Waals surface area contributed by atoms with Crippen LogP contribution in [0.2, 0.25) is 0 Å². The number of H-pyrrole nitrogens is 1. The number of aliphatic hydroxyl groups excluding tert-OH is 1. The summed E-state index contributed by atoms with van der Waals surface area (Å²) < 4.78 is 1.79. The summed E-state index contributed by atoms with van der Waals surface area (Å²) >= 11 is 5.32. The van der Waals surface area contributed by atoms with Crippen LogP contribution in [0.1, 0.15) is 30.9 Å². The zero-order valence-corrected chi connectivity index (χ0v) is 17.5. The summed E-state index contributed by atoms with van der Waals surface area (Å²) in [5.74, 6) is 0.158. The van der Waals surface area contributed by atoms with E-state index in [1.165, 1.54) is 4.57 Å². The molecule has 0 spiro atoms. The van der Waals surface area contributed by atoms with E-state index in [1.54, 1.807) is 6.07 Å². The molecule has 7 heteroatoms. The second kappa shape index (κ2) is 8.93. The zero-order chi connectivity index (χ0) is 21.1. The first-order valence-electron chi connectivity index (χ1n) is 10.3. The SMILES string of the molecule is O=C(CCn1c(=S)[nH]c2ccccc2c1=O)N1CCC(C(O)c2ccccc2)CC1. The number of aromatic amines is 1. The summed E-state index contributed by atoms with van der Waals surface area (Å²) in [6, 6.07) is 16.9. The van der Waals surface area contributed by atoms with Crippen LogP contribution < -0.4 is 5.56 Å². The Bertz CT molecular complexity index is 1150. The minimum atomic E-state index is -0.502. The number of carbonyl (C=O) groups is 1. The number of benzene rings is 2. The summed E-state index contributed by atoms with van der Waals surface area (Å²) in [6.45, 7) is 1.49. The standard InChI is InChI=1S/C23H25N3O3S/c27-20(12-15-26-22(29)18-8-4-5-9-19(18)24-23(26)30)25-13-10-17(11-14-25)21(28)16-6-2-1-3-7-16/h1-9,17,21,28H,10-15H2,(H,24,30). The van der Waals surface area contributed by atoms with Gasteiger partial charge in [0.25, 0.3) is 5.56 Å². The van der Waals surface area contributed by atoms with E-state index >= 15 is 0 Å². The van der Waals surface area contributed by atoms with E-state index in [0.717, 1.165) is 18.4 Å². The zero-order valence-electron chi connectivity index (χ0n) is 16.7. The molecule has 0 saturated carbocycles. The van der Waals surface area contributed by atoms with Gasteiger partial charge in [0.2, 0.25) is 5.91 Å². The predicted octanol–water partition coefficient (Wildman–Crippen LogP) is 3.42. The third-order valence-corrected chi connectivity index (χ3v) is 6.24. The number of fused-ring (bicyclic) bond motifs is 1. The molecule has 156 valence electrons. The molecule has 2 N–H and O–H groups in total. The Morgan fingerprint density at radius 3 is 2.50 bits per heavy atom. The van der Waals surface area contributed by atoms with Crippen molar-refractivity contribution in [3.05, 3.63) is 75.3 Å². The van der Waals surface area contributed by atoms with Crippen LogP contribution in [0.3, 0.4) is 0 Å². The van der Waals surface area contributed by atoms with Crippen LogP contribution in [0.5, 0.6) is 0 Å². The molecule has 1 saturated heterocycles. The Kier molecular flexibility index (Phi) is 6.11. The van der Waals surface area contributed by atoms with Gasteiger partial charge in [-0.1, -0.05) is 42.5 Å². The number of nitrogens with zero attached hydrogens (tertiary/aromatic N) is 2. The van der Waals surface area contributed by atoms with Gasteiger partial charge in [0.1, 0.15) is 0 Å². The minimum absolute atomic E-state index is 0.0112. The Hall–Kier alpha value is -2.77. The lowest BCUT2D eigenvalue weighted by atomic mass is 9.87. The van der Waals surface area contributed by atoms with Crippen LogP contribution >= 0.6 is 12.2 Å². The lowest BCUT2D eigenvalue weighted by Crippen LogP contribution is -2.40. The number of aliphatic hydroxyl groups is 1. The maximum atomic E-state index is 12.7. The van der Waals surface area contributed by atoms with Crippen molar-refractivity contribution in [3.8, 4) is 0 Å². The van der Waals surface area contributed by atoms with Gasteiger partial charge >= 0.3 is 0 Å². The fourth-order valence-corrected chi connectivity index (χ4v) is 4.44. The topological polar surface area (TPSA) is 78.3 Å². The molecule has 1 aliphatic rings. The highest BCUT2D eigenvalue weighted by molar-refractivity contribution is 7.71. The highest BCUT2D eigenvalue weighted by Crippen LogP contribution is 2.30. The number of carbonyl (C=O) groups excluding carboxylic acids is 1. The molecule has 1 fully saturated rings. The van der Waals surface area contributed by atoms with E-state index in [4.69, 9.17) is 12.2 Å². The van der Waals surface area contributed by atoms with Crippen molar-refractivity contribution in [2.75, 3.05) is 13.1 Å². The summed E-state index contributed by atoms with van der Waals surface area (Å²) in [7, 11) is 0. The molecule has 1 unspecified atom stereocenters.